The lowest BCUT2D eigenvalue weighted by Gasteiger charge is -2.34. The third-order valence-electron chi connectivity index (χ3n) is 7.29. The highest BCUT2D eigenvalue weighted by atomic mass is 32.1. The van der Waals surface area contributed by atoms with Crippen LogP contribution in [0.4, 0.5) is 0 Å². The molecule has 0 unspecified atom stereocenters. The highest BCUT2D eigenvalue weighted by Crippen LogP contribution is 2.39. The molecule has 1 saturated carbocycles. The SMILES string of the molecule is Cc1ncsc1[C@H]1CC[C@@H](CNC(=O)[C@@H]2C[C@@H](O)CN2C(=O)[C@@H](c2ccno2)C(C)(C)C)CC1. The van der Waals surface area contributed by atoms with Crippen LogP contribution in [0.2, 0.25) is 0 Å². The largest absolute Gasteiger partial charge is 0.391 e. The van der Waals surface area contributed by atoms with Gasteiger partial charge in [-0.05, 0) is 49.9 Å². The van der Waals surface area contributed by atoms with Crippen molar-refractivity contribution in [3.05, 3.63) is 34.1 Å². The Kier molecular flexibility index (Phi) is 7.42. The predicted molar refractivity (Wildman–Crippen MR) is 129 cm³/mol. The van der Waals surface area contributed by atoms with Crippen molar-refractivity contribution in [1.29, 1.82) is 0 Å². The maximum atomic E-state index is 13.6. The van der Waals surface area contributed by atoms with Gasteiger partial charge in [-0.3, -0.25) is 9.59 Å². The van der Waals surface area contributed by atoms with E-state index in [0.717, 1.165) is 31.4 Å². The number of nitrogens with one attached hydrogen (secondary N) is 1. The highest BCUT2D eigenvalue weighted by molar-refractivity contribution is 7.09. The standard InChI is InChI=1S/C25H36N4O4S/c1-15-22(34-14-27-15)17-7-5-16(6-8-17)12-26-23(31)19-11-18(30)13-29(19)24(32)21(25(2,3)4)20-9-10-28-33-20/h9-10,14,16-19,21,30H,5-8,11-13H2,1-4H3,(H,26,31)/t16-,17+,18-,19+,21-/m1/s1. The van der Waals surface area contributed by atoms with E-state index < -0.39 is 23.5 Å². The van der Waals surface area contributed by atoms with Gasteiger partial charge in [-0.1, -0.05) is 25.9 Å². The Morgan fingerprint density at radius 2 is 2.03 bits per heavy atom. The summed E-state index contributed by atoms with van der Waals surface area (Å²) in [5.74, 6) is 0.507. The first kappa shape index (κ1) is 24.9. The molecule has 2 aromatic rings. The van der Waals surface area contributed by atoms with E-state index in [0.29, 0.717) is 24.1 Å². The molecular formula is C25H36N4O4S. The van der Waals surface area contributed by atoms with Gasteiger partial charge in [0.1, 0.15) is 17.7 Å². The van der Waals surface area contributed by atoms with E-state index in [1.807, 2.05) is 26.3 Å². The Bertz CT molecular complexity index is 975. The third-order valence-corrected chi connectivity index (χ3v) is 8.38. The molecule has 2 fully saturated rings. The van der Waals surface area contributed by atoms with Crippen LogP contribution in [0, 0.1) is 18.3 Å². The van der Waals surface area contributed by atoms with E-state index in [1.54, 1.807) is 17.4 Å². The number of hydrogen-bond acceptors (Lipinski definition) is 7. The number of aliphatic hydroxyl groups excluding tert-OH is 1. The second kappa shape index (κ2) is 10.2. The van der Waals surface area contributed by atoms with Gasteiger partial charge >= 0.3 is 0 Å². The molecule has 34 heavy (non-hydrogen) atoms. The second-order valence-electron chi connectivity index (χ2n) is 10.9. The molecular weight excluding hydrogens is 452 g/mol. The summed E-state index contributed by atoms with van der Waals surface area (Å²) >= 11 is 1.75. The summed E-state index contributed by atoms with van der Waals surface area (Å²) in [6.45, 7) is 8.72. The van der Waals surface area contributed by atoms with Crippen molar-refractivity contribution in [2.24, 2.45) is 11.3 Å². The lowest BCUT2D eigenvalue weighted by atomic mass is 9.78. The van der Waals surface area contributed by atoms with Gasteiger partial charge in [0.2, 0.25) is 11.8 Å². The molecule has 1 aliphatic heterocycles. The smallest absolute Gasteiger partial charge is 0.242 e. The summed E-state index contributed by atoms with van der Waals surface area (Å²) in [6.07, 6.45) is 5.42. The van der Waals surface area contributed by atoms with E-state index >= 15 is 0 Å². The van der Waals surface area contributed by atoms with Crippen LogP contribution in [0.1, 0.15) is 81.0 Å². The Morgan fingerprint density at radius 3 is 2.62 bits per heavy atom. The molecule has 1 saturated heterocycles. The molecule has 2 amide bonds. The van der Waals surface area contributed by atoms with Crippen molar-refractivity contribution < 1.29 is 19.2 Å². The van der Waals surface area contributed by atoms with E-state index in [1.165, 1.54) is 16.0 Å². The number of carbonyl (C=O) groups excluding carboxylic acids is 2. The molecule has 2 aliphatic rings. The minimum absolute atomic E-state index is 0.150. The Morgan fingerprint density at radius 1 is 1.29 bits per heavy atom. The number of β-amino-alcohol motifs (C(OH)–C–C–N with tert-alkyl or cyclic N) is 1. The molecule has 8 nitrogen and oxygen atoms in total. The fraction of sp³-hybridized carbons (Fsp3) is 0.680. The summed E-state index contributed by atoms with van der Waals surface area (Å²) in [5, 5.41) is 17.2. The van der Waals surface area contributed by atoms with Crippen molar-refractivity contribution in [2.45, 2.75) is 83.8 Å². The van der Waals surface area contributed by atoms with E-state index in [4.69, 9.17) is 4.52 Å². The normalized spacial score (nSPS) is 26.4. The van der Waals surface area contributed by atoms with Crippen molar-refractivity contribution >= 4 is 23.2 Å². The maximum absolute atomic E-state index is 13.6. The molecule has 0 bridgehead atoms. The minimum Gasteiger partial charge on any atom is -0.391 e. The number of rotatable bonds is 6. The number of aromatic nitrogens is 2. The van der Waals surface area contributed by atoms with Crippen LogP contribution in [0.3, 0.4) is 0 Å². The average Bonchev–Trinajstić information content (AvgIpc) is 3.53. The Hall–Kier alpha value is -2.26. The number of nitrogens with zero attached hydrogens (tertiary/aromatic N) is 3. The molecule has 2 aromatic heterocycles. The summed E-state index contributed by atoms with van der Waals surface area (Å²) in [4.78, 5) is 34.0. The fourth-order valence-corrected chi connectivity index (χ4v) is 6.44. The van der Waals surface area contributed by atoms with Gasteiger partial charge in [0.05, 0.1) is 23.5 Å². The van der Waals surface area contributed by atoms with Gasteiger partial charge in [0, 0.05) is 30.5 Å². The Balaban J connectivity index is 1.36. The first-order valence-electron chi connectivity index (χ1n) is 12.2. The van der Waals surface area contributed by atoms with Gasteiger partial charge in [0.15, 0.2) is 0 Å². The van der Waals surface area contributed by atoms with Gasteiger partial charge in [-0.15, -0.1) is 11.3 Å². The molecule has 186 valence electrons. The molecule has 4 rings (SSSR count). The van der Waals surface area contributed by atoms with Gasteiger partial charge in [0.25, 0.3) is 0 Å². The van der Waals surface area contributed by atoms with Gasteiger partial charge < -0.3 is 19.8 Å². The monoisotopic (exact) mass is 488 g/mol. The number of likely N-dealkylation sites (tertiary alicyclic amines) is 1. The third kappa shape index (κ3) is 5.35. The van der Waals surface area contributed by atoms with E-state index in [9.17, 15) is 14.7 Å². The zero-order valence-electron chi connectivity index (χ0n) is 20.5. The van der Waals surface area contributed by atoms with Crippen LogP contribution >= 0.6 is 11.3 Å². The fourth-order valence-electron chi connectivity index (χ4n) is 5.46. The van der Waals surface area contributed by atoms with Crippen LogP contribution < -0.4 is 5.32 Å². The van der Waals surface area contributed by atoms with Gasteiger partial charge in [-0.2, -0.15) is 0 Å². The van der Waals surface area contributed by atoms with Crippen LogP contribution in [0.5, 0.6) is 0 Å². The Labute approximate surface area is 205 Å². The summed E-state index contributed by atoms with van der Waals surface area (Å²) in [7, 11) is 0. The van der Waals surface area contributed by atoms with Crippen LogP contribution in [0.15, 0.2) is 22.3 Å². The van der Waals surface area contributed by atoms with Crippen LogP contribution in [-0.2, 0) is 9.59 Å². The molecule has 3 atom stereocenters. The summed E-state index contributed by atoms with van der Waals surface area (Å²) in [5.41, 5.74) is 2.64. The predicted octanol–water partition coefficient (Wildman–Crippen LogP) is 3.62. The highest BCUT2D eigenvalue weighted by Gasteiger charge is 2.45. The van der Waals surface area contributed by atoms with Crippen molar-refractivity contribution in [3.8, 4) is 0 Å². The number of hydrogen-bond donors (Lipinski definition) is 2. The number of carbonyl (C=O) groups is 2. The first-order valence-corrected chi connectivity index (χ1v) is 13.1. The number of aliphatic hydroxyl groups is 1. The number of aryl methyl sites for hydroxylation is 1. The topological polar surface area (TPSA) is 109 Å². The number of amides is 2. The van der Waals surface area contributed by atoms with E-state index in [-0.39, 0.29) is 24.8 Å². The summed E-state index contributed by atoms with van der Waals surface area (Å²) in [6, 6.07) is 1.02. The van der Waals surface area contributed by atoms with Crippen LogP contribution in [0.25, 0.3) is 0 Å². The average molecular weight is 489 g/mol. The molecule has 0 radical (unpaired) electrons. The van der Waals surface area contributed by atoms with Gasteiger partial charge in [-0.25, -0.2) is 4.98 Å². The lowest BCUT2D eigenvalue weighted by Crippen LogP contribution is -2.49. The minimum atomic E-state index is -0.715. The number of thiazole rings is 1. The first-order chi connectivity index (χ1) is 16.1. The lowest BCUT2D eigenvalue weighted by molar-refractivity contribution is -0.142. The van der Waals surface area contributed by atoms with Crippen molar-refractivity contribution in [3.63, 3.8) is 0 Å². The maximum Gasteiger partial charge on any atom is 0.242 e. The molecule has 0 aromatic carbocycles. The summed E-state index contributed by atoms with van der Waals surface area (Å²) < 4.78 is 5.33. The van der Waals surface area contributed by atoms with E-state index in [2.05, 4.69) is 22.4 Å². The molecule has 2 N–H and O–H groups in total. The quantitative estimate of drug-likeness (QED) is 0.643. The van der Waals surface area contributed by atoms with Crippen molar-refractivity contribution in [2.75, 3.05) is 13.1 Å². The van der Waals surface area contributed by atoms with Crippen molar-refractivity contribution in [1.82, 2.24) is 20.4 Å². The zero-order valence-corrected chi connectivity index (χ0v) is 21.3. The molecule has 1 aliphatic carbocycles. The van der Waals surface area contributed by atoms with Crippen LogP contribution in [-0.4, -0.2) is 57.2 Å². The molecule has 9 heteroatoms. The molecule has 0 spiro atoms. The zero-order chi connectivity index (χ0) is 24.5. The second-order valence-corrected chi connectivity index (χ2v) is 11.8. The molecule has 3 heterocycles.